The lowest BCUT2D eigenvalue weighted by molar-refractivity contribution is 0.0711. The summed E-state index contributed by atoms with van der Waals surface area (Å²) in [4.78, 5) is 31.9. The Hall–Kier alpha value is -3.22. The first-order valence-corrected chi connectivity index (χ1v) is 9.92. The summed E-state index contributed by atoms with van der Waals surface area (Å²) >= 11 is 0. The first-order valence-electron chi connectivity index (χ1n) is 9.92. The van der Waals surface area contributed by atoms with Crippen molar-refractivity contribution in [3.8, 4) is 0 Å². The van der Waals surface area contributed by atoms with Crippen LogP contribution >= 0.6 is 0 Å². The molecule has 0 bridgehead atoms. The molecule has 0 unspecified atom stereocenters. The zero-order chi connectivity index (χ0) is 20.2. The maximum absolute atomic E-state index is 13.0. The third-order valence-corrected chi connectivity index (χ3v) is 5.21. The lowest BCUT2D eigenvalue weighted by Crippen LogP contribution is -2.36. The van der Waals surface area contributed by atoms with Gasteiger partial charge in [0.05, 0.1) is 5.52 Å². The predicted octanol–water partition coefficient (Wildman–Crippen LogP) is 3.07. The third kappa shape index (κ3) is 4.13. The molecular formula is C22H23FN4O2. The molecule has 0 spiro atoms. The highest BCUT2D eigenvalue weighted by molar-refractivity contribution is 6.02. The van der Waals surface area contributed by atoms with Crippen LogP contribution in [0.3, 0.4) is 0 Å². The fourth-order valence-corrected chi connectivity index (χ4v) is 3.65. The number of fused-ring (bicyclic) bond motifs is 1. The summed E-state index contributed by atoms with van der Waals surface area (Å²) in [5.74, 6) is -0.482. The van der Waals surface area contributed by atoms with Gasteiger partial charge in [0.25, 0.3) is 11.8 Å². The van der Waals surface area contributed by atoms with Crippen LogP contribution in [0.2, 0.25) is 0 Å². The van der Waals surface area contributed by atoms with E-state index in [0.29, 0.717) is 18.5 Å². The molecule has 7 heteroatoms. The van der Waals surface area contributed by atoms with Crippen molar-refractivity contribution in [2.24, 2.45) is 0 Å². The number of amides is 2. The van der Waals surface area contributed by atoms with Gasteiger partial charge in [-0.25, -0.2) is 9.37 Å². The summed E-state index contributed by atoms with van der Waals surface area (Å²) in [5.41, 5.74) is 1.78. The Balaban J connectivity index is 1.51. The fourth-order valence-electron chi connectivity index (χ4n) is 3.65. The van der Waals surface area contributed by atoms with E-state index in [2.05, 4.69) is 10.3 Å². The number of piperidine rings is 1. The summed E-state index contributed by atoms with van der Waals surface area (Å²) in [6, 6.07) is 11.6. The lowest BCUT2D eigenvalue weighted by Gasteiger charge is -2.25. The molecule has 0 saturated carbocycles. The van der Waals surface area contributed by atoms with Crippen molar-refractivity contribution in [2.75, 3.05) is 19.6 Å². The number of rotatable bonds is 5. The Kier molecular flexibility index (Phi) is 5.55. The minimum absolute atomic E-state index is 0.142. The maximum Gasteiger partial charge on any atom is 0.290 e. The Labute approximate surface area is 168 Å². The Morgan fingerprint density at radius 1 is 1.03 bits per heavy atom. The summed E-state index contributed by atoms with van der Waals surface area (Å²) < 4.78 is 14.7. The third-order valence-electron chi connectivity index (χ3n) is 5.21. The Morgan fingerprint density at radius 2 is 1.79 bits per heavy atom. The van der Waals surface area contributed by atoms with Crippen LogP contribution in [0.25, 0.3) is 5.52 Å². The van der Waals surface area contributed by atoms with Gasteiger partial charge in [0.1, 0.15) is 5.82 Å². The molecule has 2 amide bonds. The Bertz CT molecular complexity index is 1020. The fraction of sp³-hybridized carbons (Fsp3) is 0.318. The van der Waals surface area contributed by atoms with Crippen molar-refractivity contribution in [1.29, 1.82) is 0 Å². The number of carbonyl (C=O) groups excluding carboxylic acids is 2. The molecule has 150 valence electrons. The number of benzene rings is 1. The highest BCUT2D eigenvalue weighted by Crippen LogP contribution is 2.17. The second-order valence-corrected chi connectivity index (χ2v) is 7.23. The molecule has 1 aliphatic heterocycles. The number of nitrogens with zero attached hydrogens (tertiary/aromatic N) is 3. The first kappa shape index (κ1) is 19.1. The van der Waals surface area contributed by atoms with Crippen molar-refractivity contribution in [3.63, 3.8) is 0 Å². The van der Waals surface area contributed by atoms with Gasteiger partial charge >= 0.3 is 0 Å². The van der Waals surface area contributed by atoms with Gasteiger partial charge in [-0.3, -0.25) is 14.0 Å². The average Bonchev–Trinajstić information content (AvgIpc) is 3.15. The number of likely N-dealkylation sites (tertiary alicyclic amines) is 1. The minimum Gasteiger partial charge on any atom is -0.350 e. The number of halogens is 1. The van der Waals surface area contributed by atoms with Gasteiger partial charge in [0.2, 0.25) is 5.82 Å². The van der Waals surface area contributed by atoms with Crippen molar-refractivity contribution >= 4 is 17.3 Å². The minimum atomic E-state index is -0.325. The molecule has 4 rings (SSSR count). The molecule has 1 aromatic carbocycles. The summed E-state index contributed by atoms with van der Waals surface area (Å²) in [6.07, 6.45) is 5.46. The molecule has 1 aliphatic rings. The van der Waals surface area contributed by atoms with Gasteiger partial charge in [0, 0.05) is 25.8 Å². The second kappa shape index (κ2) is 8.43. The summed E-state index contributed by atoms with van der Waals surface area (Å²) in [6.45, 7) is 1.84. The zero-order valence-corrected chi connectivity index (χ0v) is 16.1. The van der Waals surface area contributed by atoms with Gasteiger partial charge in [0.15, 0.2) is 5.69 Å². The molecule has 0 radical (unpaired) electrons. The number of aromatic nitrogens is 2. The molecular weight excluding hydrogens is 371 g/mol. The average molecular weight is 394 g/mol. The Morgan fingerprint density at radius 3 is 2.55 bits per heavy atom. The van der Waals surface area contributed by atoms with Gasteiger partial charge < -0.3 is 10.2 Å². The zero-order valence-electron chi connectivity index (χ0n) is 16.1. The van der Waals surface area contributed by atoms with Crippen molar-refractivity contribution < 1.29 is 14.0 Å². The van der Waals surface area contributed by atoms with E-state index in [1.54, 1.807) is 28.8 Å². The highest BCUT2D eigenvalue weighted by Gasteiger charge is 2.25. The molecule has 1 saturated heterocycles. The van der Waals surface area contributed by atoms with Crippen LogP contribution in [0.1, 0.15) is 45.9 Å². The highest BCUT2D eigenvalue weighted by atomic mass is 19.1. The predicted molar refractivity (Wildman–Crippen MR) is 107 cm³/mol. The molecule has 0 aliphatic carbocycles. The van der Waals surface area contributed by atoms with Gasteiger partial charge in [-0.1, -0.05) is 18.2 Å². The van der Waals surface area contributed by atoms with E-state index in [1.165, 1.54) is 12.1 Å². The number of carbonyl (C=O) groups is 2. The van der Waals surface area contributed by atoms with E-state index in [1.807, 2.05) is 17.0 Å². The van der Waals surface area contributed by atoms with E-state index >= 15 is 0 Å². The first-order chi connectivity index (χ1) is 14.1. The van der Waals surface area contributed by atoms with E-state index in [0.717, 1.165) is 37.9 Å². The van der Waals surface area contributed by atoms with Crippen molar-refractivity contribution in [2.45, 2.75) is 25.7 Å². The largest absolute Gasteiger partial charge is 0.350 e. The topological polar surface area (TPSA) is 66.7 Å². The molecule has 2 aromatic heterocycles. The molecule has 0 atom stereocenters. The van der Waals surface area contributed by atoms with E-state index in [9.17, 15) is 14.0 Å². The smallest absolute Gasteiger partial charge is 0.290 e. The van der Waals surface area contributed by atoms with Crippen LogP contribution in [0.5, 0.6) is 0 Å². The van der Waals surface area contributed by atoms with Gasteiger partial charge in [-0.15, -0.1) is 0 Å². The quantitative estimate of drug-likeness (QED) is 0.723. The van der Waals surface area contributed by atoms with E-state index < -0.39 is 0 Å². The molecule has 6 nitrogen and oxygen atoms in total. The summed E-state index contributed by atoms with van der Waals surface area (Å²) in [7, 11) is 0. The lowest BCUT2D eigenvalue weighted by atomic mass is 10.1. The van der Waals surface area contributed by atoms with Crippen LogP contribution in [-0.4, -0.2) is 45.7 Å². The van der Waals surface area contributed by atoms with Crippen LogP contribution in [0.15, 0.2) is 48.7 Å². The second-order valence-electron chi connectivity index (χ2n) is 7.23. The summed E-state index contributed by atoms with van der Waals surface area (Å²) in [5, 5.41) is 2.85. The van der Waals surface area contributed by atoms with Crippen molar-refractivity contribution in [1.82, 2.24) is 19.6 Å². The van der Waals surface area contributed by atoms with Crippen LogP contribution < -0.4 is 5.32 Å². The van der Waals surface area contributed by atoms with Crippen molar-refractivity contribution in [3.05, 3.63) is 71.6 Å². The standard InChI is InChI=1S/C22H23FN4O2/c23-17-9-7-16(8-10-17)11-12-24-21(28)19-18-6-2-5-15-27(18)20(25-19)22(29)26-13-3-1-4-14-26/h2,5-10,15H,1,3-4,11-14H2,(H,24,28). The molecule has 1 fully saturated rings. The molecule has 1 N–H and O–H groups in total. The maximum atomic E-state index is 13.0. The van der Waals surface area contributed by atoms with Gasteiger partial charge in [-0.2, -0.15) is 0 Å². The number of pyridine rings is 1. The van der Waals surface area contributed by atoms with Crippen LogP contribution in [0, 0.1) is 5.82 Å². The molecule has 3 heterocycles. The number of imidazole rings is 1. The van der Waals surface area contributed by atoms with Gasteiger partial charge in [-0.05, 0) is 55.5 Å². The number of hydrogen-bond donors (Lipinski definition) is 1. The van der Waals surface area contributed by atoms with Crippen LogP contribution in [0.4, 0.5) is 4.39 Å². The molecule has 3 aromatic rings. The van der Waals surface area contributed by atoms with E-state index in [4.69, 9.17) is 0 Å². The van der Waals surface area contributed by atoms with E-state index in [-0.39, 0.29) is 29.1 Å². The monoisotopic (exact) mass is 394 g/mol. The SMILES string of the molecule is O=C(NCCc1ccc(F)cc1)c1nc(C(=O)N2CCCCC2)n2ccccc12. The molecule has 29 heavy (non-hydrogen) atoms. The van der Waals surface area contributed by atoms with Crippen LogP contribution in [-0.2, 0) is 6.42 Å². The number of nitrogens with one attached hydrogen (secondary N) is 1. The normalized spacial score (nSPS) is 14.2. The number of hydrogen-bond acceptors (Lipinski definition) is 3.